The molecule has 2 saturated heterocycles. The molecule has 0 spiro atoms. The smallest absolute Gasteiger partial charge is 0.0471 e. The molecule has 4 nitrogen and oxygen atoms in total. The summed E-state index contributed by atoms with van der Waals surface area (Å²) in [7, 11) is 0. The Labute approximate surface area is 260 Å². The minimum absolute atomic E-state index is 0.208. The molecule has 0 saturated carbocycles. The number of nitrogen functional groups attached to an aromatic ring is 1. The molecular formula is C39H54N2O2. The molecule has 2 aromatic carbocycles. The monoisotopic (exact) mass is 582 g/mol. The summed E-state index contributed by atoms with van der Waals surface area (Å²) in [5.41, 5.74) is 21.2. The highest BCUT2D eigenvalue weighted by Gasteiger charge is 2.33. The second kappa shape index (κ2) is 16.1. The maximum atomic E-state index is 6.20. The Hall–Kier alpha value is -3.08. The van der Waals surface area contributed by atoms with Gasteiger partial charge in [0.25, 0.3) is 0 Å². The van der Waals surface area contributed by atoms with Gasteiger partial charge < -0.3 is 20.9 Å². The van der Waals surface area contributed by atoms with Crippen LogP contribution in [-0.2, 0) is 9.47 Å². The summed E-state index contributed by atoms with van der Waals surface area (Å²) in [5.74, 6) is 1.74. The first kappa shape index (κ1) is 32.8. The summed E-state index contributed by atoms with van der Waals surface area (Å²) in [4.78, 5) is 0. The van der Waals surface area contributed by atoms with Crippen molar-refractivity contribution in [3.05, 3.63) is 101 Å². The highest BCUT2D eigenvalue weighted by atomic mass is 16.5. The summed E-state index contributed by atoms with van der Waals surface area (Å²) < 4.78 is 11.0. The highest BCUT2D eigenvalue weighted by Crippen LogP contribution is 2.45. The number of anilines is 1. The minimum Gasteiger partial charge on any atom is -0.405 e. The van der Waals surface area contributed by atoms with E-state index in [1.54, 1.807) is 6.20 Å². The number of rotatable bonds is 8. The Kier molecular flexibility index (Phi) is 12.3. The molecule has 0 radical (unpaired) electrons. The fourth-order valence-electron chi connectivity index (χ4n) is 7.11. The second-order valence-corrected chi connectivity index (χ2v) is 12.5. The molecule has 0 bridgehead atoms. The van der Waals surface area contributed by atoms with Crippen molar-refractivity contribution in [3.63, 3.8) is 0 Å². The molecule has 1 aliphatic carbocycles. The lowest BCUT2D eigenvalue weighted by molar-refractivity contribution is 0.0841. The van der Waals surface area contributed by atoms with Gasteiger partial charge in [0.2, 0.25) is 0 Å². The second-order valence-electron chi connectivity index (χ2n) is 12.5. The molecule has 2 atom stereocenters. The van der Waals surface area contributed by atoms with Gasteiger partial charge in [-0.05, 0) is 116 Å². The lowest BCUT2D eigenvalue weighted by Crippen LogP contribution is -2.27. The molecule has 2 fully saturated rings. The Morgan fingerprint density at radius 3 is 2.02 bits per heavy atom. The van der Waals surface area contributed by atoms with Crippen LogP contribution in [0.3, 0.4) is 0 Å². The van der Waals surface area contributed by atoms with E-state index in [9.17, 15) is 0 Å². The molecule has 0 aromatic heterocycles. The van der Waals surface area contributed by atoms with Gasteiger partial charge in [0.05, 0.1) is 0 Å². The average molecular weight is 583 g/mol. The van der Waals surface area contributed by atoms with Crippen molar-refractivity contribution in [1.29, 1.82) is 0 Å². The largest absolute Gasteiger partial charge is 0.405 e. The summed E-state index contributed by atoms with van der Waals surface area (Å²) in [6.45, 7) is 12.7. The number of hydrogen-bond donors (Lipinski definition) is 2. The molecule has 4 N–H and O–H groups in total. The van der Waals surface area contributed by atoms with Crippen molar-refractivity contribution >= 4 is 17.3 Å². The van der Waals surface area contributed by atoms with E-state index in [1.165, 1.54) is 33.4 Å². The molecule has 5 rings (SSSR count). The van der Waals surface area contributed by atoms with Crippen LogP contribution in [0.5, 0.6) is 0 Å². The molecule has 2 heterocycles. The van der Waals surface area contributed by atoms with E-state index in [2.05, 4.69) is 88.4 Å². The van der Waals surface area contributed by atoms with E-state index in [-0.39, 0.29) is 5.41 Å². The van der Waals surface area contributed by atoms with Crippen LogP contribution in [0.4, 0.5) is 5.69 Å². The van der Waals surface area contributed by atoms with Gasteiger partial charge in [0, 0.05) is 37.7 Å². The Morgan fingerprint density at radius 2 is 1.49 bits per heavy atom. The average Bonchev–Trinajstić information content (AvgIpc) is 3.05. The summed E-state index contributed by atoms with van der Waals surface area (Å²) in [5, 5.41) is 0. The van der Waals surface area contributed by atoms with Gasteiger partial charge >= 0.3 is 0 Å². The zero-order valence-electron chi connectivity index (χ0n) is 27.0. The Bertz CT molecular complexity index is 1260. The molecule has 2 unspecified atom stereocenters. The van der Waals surface area contributed by atoms with Crippen LogP contribution in [0.2, 0.25) is 0 Å². The first-order chi connectivity index (χ1) is 20.9. The standard InChI is InChI=1S/C21H29N.C18H25NO2/c1-5-7-15-21(4,6-2)19-13-10-12-17(16(19)3)18-11-8-9-14-20(18)22;19-9-4-18-16(14-5-10-20-11-6-14)2-1-3-17(18)15-7-12-21-13-8-15/h7-12,14-15,19H,5-6,13,22H2,1-4H3;1-4,9,14-15H,5-8,10-13,19H2/b;9-4+. The third-order valence-corrected chi connectivity index (χ3v) is 9.91. The van der Waals surface area contributed by atoms with Crippen molar-refractivity contribution in [2.45, 2.75) is 84.5 Å². The Balaban J connectivity index is 0.000000197. The summed E-state index contributed by atoms with van der Waals surface area (Å²) >= 11 is 0. The van der Waals surface area contributed by atoms with E-state index in [4.69, 9.17) is 20.9 Å². The van der Waals surface area contributed by atoms with Crippen molar-refractivity contribution < 1.29 is 9.47 Å². The summed E-state index contributed by atoms with van der Waals surface area (Å²) in [6, 6.07) is 14.9. The van der Waals surface area contributed by atoms with E-state index in [0.717, 1.165) is 77.1 Å². The van der Waals surface area contributed by atoms with Crippen LogP contribution < -0.4 is 11.5 Å². The zero-order valence-corrected chi connectivity index (χ0v) is 27.0. The fourth-order valence-corrected chi connectivity index (χ4v) is 7.11. The van der Waals surface area contributed by atoms with Crippen LogP contribution in [0, 0.1) is 11.3 Å². The predicted molar refractivity (Wildman–Crippen MR) is 184 cm³/mol. The number of ether oxygens (including phenoxy) is 2. The third kappa shape index (κ3) is 8.10. The van der Waals surface area contributed by atoms with Crippen molar-refractivity contribution in [2.24, 2.45) is 17.1 Å². The summed E-state index contributed by atoms with van der Waals surface area (Å²) in [6.07, 6.45) is 20.9. The first-order valence-corrected chi connectivity index (χ1v) is 16.5. The van der Waals surface area contributed by atoms with Crippen molar-refractivity contribution in [1.82, 2.24) is 0 Å². The lowest BCUT2D eigenvalue weighted by Gasteiger charge is -2.38. The molecule has 0 amide bonds. The predicted octanol–water partition coefficient (Wildman–Crippen LogP) is 9.40. The topological polar surface area (TPSA) is 70.5 Å². The van der Waals surface area contributed by atoms with E-state index < -0.39 is 0 Å². The third-order valence-electron chi connectivity index (χ3n) is 9.91. The van der Waals surface area contributed by atoms with E-state index in [1.807, 2.05) is 12.1 Å². The zero-order chi connectivity index (χ0) is 30.7. The molecule has 2 aliphatic heterocycles. The SMILES string of the molecule is CCC=CC(C)(CC)C1CC=CC(c2ccccc2N)=C1C.N/C=C/c1c(C2CCOCC2)cccc1C1CCOCC1. The van der Waals surface area contributed by atoms with Crippen LogP contribution in [-0.4, -0.2) is 26.4 Å². The van der Waals surface area contributed by atoms with Gasteiger partial charge in [-0.3, -0.25) is 0 Å². The molecular weight excluding hydrogens is 528 g/mol. The molecule has 2 aromatic rings. The van der Waals surface area contributed by atoms with E-state index in [0.29, 0.717) is 17.8 Å². The number of hydrogen-bond acceptors (Lipinski definition) is 4. The fraction of sp³-hybridized carbons (Fsp3) is 0.487. The number of nitrogens with two attached hydrogens (primary N) is 2. The quantitative estimate of drug-likeness (QED) is 0.240. The van der Waals surface area contributed by atoms with Crippen LogP contribution in [0.1, 0.15) is 107 Å². The van der Waals surface area contributed by atoms with Crippen molar-refractivity contribution in [3.8, 4) is 0 Å². The Morgan fingerprint density at radius 1 is 0.884 bits per heavy atom. The number of benzene rings is 2. The number of allylic oxidation sites excluding steroid dienone is 6. The minimum atomic E-state index is 0.208. The van der Waals surface area contributed by atoms with Gasteiger partial charge in [-0.25, -0.2) is 0 Å². The van der Waals surface area contributed by atoms with Crippen LogP contribution >= 0.6 is 0 Å². The lowest BCUT2D eigenvalue weighted by atomic mass is 9.67. The first-order valence-electron chi connectivity index (χ1n) is 16.5. The van der Waals surface area contributed by atoms with Gasteiger partial charge in [-0.1, -0.05) is 87.0 Å². The molecule has 43 heavy (non-hydrogen) atoms. The van der Waals surface area contributed by atoms with Gasteiger partial charge in [0.15, 0.2) is 0 Å². The van der Waals surface area contributed by atoms with Gasteiger partial charge in [0.1, 0.15) is 0 Å². The van der Waals surface area contributed by atoms with E-state index >= 15 is 0 Å². The maximum absolute atomic E-state index is 6.20. The van der Waals surface area contributed by atoms with Crippen molar-refractivity contribution in [2.75, 3.05) is 32.2 Å². The van der Waals surface area contributed by atoms with Gasteiger partial charge in [-0.15, -0.1) is 0 Å². The van der Waals surface area contributed by atoms with Crippen LogP contribution in [0.15, 0.2) is 78.5 Å². The molecule has 3 aliphatic rings. The number of para-hydroxylation sites is 1. The van der Waals surface area contributed by atoms with Crippen LogP contribution in [0.25, 0.3) is 11.6 Å². The highest BCUT2D eigenvalue weighted by molar-refractivity contribution is 5.84. The normalized spacial score (nSPS) is 21.6. The molecule has 4 heteroatoms. The molecule has 232 valence electrons. The maximum Gasteiger partial charge on any atom is 0.0471 e. The van der Waals surface area contributed by atoms with Gasteiger partial charge in [-0.2, -0.15) is 0 Å².